The highest BCUT2D eigenvalue weighted by atomic mass is 32.1. The smallest absolute Gasteiger partial charge is 0.188 e. The van der Waals surface area contributed by atoms with E-state index >= 15 is 0 Å². The van der Waals surface area contributed by atoms with Crippen LogP contribution in [0.5, 0.6) is 0 Å². The molecule has 0 aliphatic rings. The van der Waals surface area contributed by atoms with Crippen LogP contribution in [-0.4, -0.2) is 5.12 Å². The van der Waals surface area contributed by atoms with E-state index in [-0.39, 0.29) is 11.0 Å². The number of carbonyl (C=O) groups excluding carboxylic acids is 1. The molecule has 0 spiro atoms. The fourth-order valence-corrected chi connectivity index (χ4v) is 0.552. The maximum absolute atomic E-state index is 10.4. The monoisotopic (exact) mass is 142 g/mol. The summed E-state index contributed by atoms with van der Waals surface area (Å²) in [4.78, 5) is 10.4. The summed E-state index contributed by atoms with van der Waals surface area (Å²) >= 11 is 3.66. The molecular weight excluding hydrogens is 132 g/mol. The van der Waals surface area contributed by atoms with Crippen LogP contribution in [-0.2, 0) is 4.79 Å². The predicted molar refractivity (Wildman–Crippen MR) is 41.2 cm³/mol. The average Bonchev–Trinajstić information content (AvgIpc) is 1.82. The van der Waals surface area contributed by atoms with Crippen molar-refractivity contribution >= 4 is 17.7 Å². The van der Waals surface area contributed by atoms with Gasteiger partial charge in [-0.1, -0.05) is 6.92 Å². The predicted octanol–water partition coefficient (Wildman–Crippen LogP) is 1.49. The van der Waals surface area contributed by atoms with Crippen molar-refractivity contribution in [2.45, 2.75) is 19.8 Å². The van der Waals surface area contributed by atoms with Gasteiger partial charge in [0.2, 0.25) is 0 Å². The third-order valence-corrected chi connectivity index (χ3v) is 1.58. The lowest BCUT2D eigenvalue weighted by atomic mass is 10.1. The van der Waals surface area contributed by atoms with E-state index in [1.165, 1.54) is 0 Å². The van der Waals surface area contributed by atoms with Gasteiger partial charge < -0.3 is 0 Å². The molecule has 0 aliphatic heterocycles. The summed E-state index contributed by atoms with van der Waals surface area (Å²) in [6.45, 7) is 1.83. The van der Waals surface area contributed by atoms with Crippen LogP contribution in [0.4, 0.5) is 0 Å². The number of hydrogen-bond acceptors (Lipinski definition) is 1. The lowest BCUT2D eigenvalue weighted by Crippen LogP contribution is -2.02. The molecule has 2 heteroatoms. The lowest BCUT2D eigenvalue weighted by molar-refractivity contribution is -0.113. The van der Waals surface area contributed by atoms with Crippen molar-refractivity contribution in [1.82, 2.24) is 0 Å². The van der Waals surface area contributed by atoms with Gasteiger partial charge in [-0.2, -0.15) is 0 Å². The summed E-state index contributed by atoms with van der Waals surface area (Å²) in [6, 6.07) is 0. The first-order valence-corrected chi connectivity index (χ1v) is 3.29. The summed E-state index contributed by atoms with van der Waals surface area (Å²) < 4.78 is 0. The molecule has 0 aromatic heterocycles. The van der Waals surface area contributed by atoms with Crippen molar-refractivity contribution in [3.05, 3.63) is 0 Å². The Kier molecular flexibility index (Phi) is 4.25. The first-order chi connectivity index (χ1) is 4.18. The molecule has 0 rings (SSSR count). The number of thiol groups is 1. The highest BCUT2D eigenvalue weighted by molar-refractivity contribution is 7.96. The molecule has 0 amide bonds. The van der Waals surface area contributed by atoms with Crippen LogP contribution in [0.3, 0.4) is 0 Å². The van der Waals surface area contributed by atoms with Gasteiger partial charge in [0.15, 0.2) is 5.12 Å². The molecule has 0 bridgehead atoms. The van der Waals surface area contributed by atoms with Crippen molar-refractivity contribution in [3.8, 4) is 12.3 Å². The Hall–Kier alpha value is -0.420. The fraction of sp³-hybridized carbons (Fsp3) is 0.571. The molecule has 0 radical (unpaired) electrons. The van der Waals surface area contributed by atoms with E-state index in [0.29, 0.717) is 6.42 Å². The molecule has 1 atom stereocenters. The Morgan fingerprint density at radius 3 is 2.78 bits per heavy atom. The molecule has 1 unspecified atom stereocenters. The summed E-state index contributed by atoms with van der Waals surface area (Å²) in [5.74, 6) is 2.47. The minimum atomic E-state index is -0.0785. The largest absolute Gasteiger partial charge is 0.287 e. The Balaban J connectivity index is 3.41. The zero-order valence-electron chi connectivity index (χ0n) is 5.42. The first kappa shape index (κ1) is 8.58. The molecule has 0 N–H and O–H groups in total. The minimum absolute atomic E-state index is 0.00406. The number of hydrogen-bond donors (Lipinski definition) is 1. The number of carbonyl (C=O) groups is 1. The minimum Gasteiger partial charge on any atom is -0.287 e. The van der Waals surface area contributed by atoms with Gasteiger partial charge in [-0.15, -0.1) is 25.0 Å². The molecule has 0 aromatic carbocycles. The maximum Gasteiger partial charge on any atom is 0.188 e. The van der Waals surface area contributed by atoms with Crippen molar-refractivity contribution in [3.63, 3.8) is 0 Å². The Bertz CT molecular complexity index is 134. The molecule has 0 saturated heterocycles. The van der Waals surface area contributed by atoms with Crippen molar-refractivity contribution in [2.75, 3.05) is 0 Å². The van der Waals surface area contributed by atoms with E-state index in [0.717, 1.165) is 6.42 Å². The van der Waals surface area contributed by atoms with E-state index in [4.69, 9.17) is 6.42 Å². The topological polar surface area (TPSA) is 17.1 Å². The first-order valence-electron chi connectivity index (χ1n) is 2.84. The summed E-state index contributed by atoms with van der Waals surface area (Å²) in [6.07, 6.45) is 6.40. The third-order valence-electron chi connectivity index (χ3n) is 1.14. The highest BCUT2D eigenvalue weighted by Crippen LogP contribution is 2.07. The van der Waals surface area contributed by atoms with E-state index in [9.17, 15) is 4.79 Å². The quantitative estimate of drug-likeness (QED) is 0.466. The van der Waals surface area contributed by atoms with Crippen molar-refractivity contribution in [2.24, 2.45) is 5.92 Å². The van der Waals surface area contributed by atoms with Gasteiger partial charge in [-0.25, -0.2) is 0 Å². The summed E-state index contributed by atoms with van der Waals surface area (Å²) in [5.41, 5.74) is 0. The Morgan fingerprint density at radius 2 is 2.44 bits per heavy atom. The lowest BCUT2D eigenvalue weighted by Gasteiger charge is -2.00. The van der Waals surface area contributed by atoms with Gasteiger partial charge in [0.25, 0.3) is 0 Å². The molecule has 0 aliphatic carbocycles. The zero-order chi connectivity index (χ0) is 7.28. The molecule has 0 heterocycles. The van der Waals surface area contributed by atoms with E-state index < -0.39 is 0 Å². The second-order valence-corrected chi connectivity index (χ2v) is 2.42. The van der Waals surface area contributed by atoms with Crippen LogP contribution in [0.2, 0.25) is 0 Å². The van der Waals surface area contributed by atoms with Gasteiger partial charge >= 0.3 is 0 Å². The zero-order valence-corrected chi connectivity index (χ0v) is 6.32. The van der Waals surface area contributed by atoms with Crippen molar-refractivity contribution < 1.29 is 4.79 Å². The van der Waals surface area contributed by atoms with E-state index in [2.05, 4.69) is 18.5 Å². The van der Waals surface area contributed by atoms with Gasteiger partial charge in [-0.3, -0.25) is 4.79 Å². The SMILES string of the molecule is C#CCCC(C)C(=O)S. The highest BCUT2D eigenvalue weighted by Gasteiger charge is 2.05. The van der Waals surface area contributed by atoms with Crippen LogP contribution >= 0.6 is 12.6 Å². The maximum atomic E-state index is 10.4. The van der Waals surface area contributed by atoms with Crippen LogP contribution < -0.4 is 0 Å². The molecule has 0 saturated carbocycles. The van der Waals surface area contributed by atoms with E-state index in [1.807, 2.05) is 6.92 Å². The fourth-order valence-electron chi connectivity index (χ4n) is 0.423. The molecule has 1 nitrogen and oxygen atoms in total. The van der Waals surface area contributed by atoms with Gasteiger partial charge in [0, 0.05) is 12.3 Å². The third kappa shape index (κ3) is 4.11. The summed E-state index contributed by atoms with van der Waals surface area (Å²) in [5, 5.41) is -0.0785. The van der Waals surface area contributed by atoms with Crippen LogP contribution in [0.15, 0.2) is 0 Å². The molecule has 0 fully saturated rings. The van der Waals surface area contributed by atoms with E-state index in [1.54, 1.807) is 0 Å². The second-order valence-electron chi connectivity index (χ2n) is 1.98. The second kappa shape index (κ2) is 4.46. The standard InChI is InChI=1S/C7H10OS/c1-3-4-5-6(2)7(8)9/h1,6H,4-5H2,2H3,(H,8,9). The Morgan fingerprint density at radius 1 is 1.89 bits per heavy atom. The van der Waals surface area contributed by atoms with Crippen molar-refractivity contribution in [1.29, 1.82) is 0 Å². The van der Waals surface area contributed by atoms with Gasteiger partial charge in [-0.05, 0) is 6.42 Å². The number of rotatable bonds is 3. The molecule has 0 aromatic rings. The van der Waals surface area contributed by atoms with Crippen LogP contribution in [0, 0.1) is 18.3 Å². The molecular formula is C7H10OS. The Labute approximate surface area is 61.2 Å². The van der Waals surface area contributed by atoms with Crippen LogP contribution in [0.1, 0.15) is 19.8 Å². The normalized spacial score (nSPS) is 12.1. The van der Waals surface area contributed by atoms with Gasteiger partial charge in [0.1, 0.15) is 0 Å². The molecule has 9 heavy (non-hydrogen) atoms. The average molecular weight is 142 g/mol. The summed E-state index contributed by atoms with van der Waals surface area (Å²) in [7, 11) is 0. The van der Waals surface area contributed by atoms with Gasteiger partial charge in [0.05, 0.1) is 0 Å². The number of terminal acetylenes is 1. The van der Waals surface area contributed by atoms with Crippen LogP contribution in [0.25, 0.3) is 0 Å². The molecule has 50 valence electrons.